The molecule has 0 nitrogen and oxygen atoms in total. The molecule has 9 heavy (non-hydrogen) atoms. The minimum absolute atomic E-state index is 0.0206. The van der Waals surface area contributed by atoms with Gasteiger partial charge in [0.05, 0.1) is 0 Å². The maximum absolute atomic E-state index is 5.72. The molecule has 0 amide bonds. The van der Waals surface area contributed by atoms with Crippen molar-refractivity contribution in [3.05, 3.63) is 32.9 Å². The van der Waals surface area contributed by atoms with Crippen molar-refractivity contribution in [2.75, 3.05) is 0 Å². The quantitative estimate of drug-likeness (QED) is 0.635. The van der Waals surface area contributed by atoms with E-state index in [0.29, 0.717) is 0 Å². The van der Waals surface area contributed by atoms with Crippen LogP contribution in [0.15, 0.2) is 24.3 Å². The molecule has 0 aromatic heterocycles. The zero-order chi connectivity index (χ0) is 6.69. The molecule has 0 atom stereocenters. The van der Waals surface area contributed by atoms with Crippen LogP contribution in [-0.2, 0) is 0 Å². The summed E-state index contributed by atoms with van der Waals surface area (Å²) in [6.07, 6.45) is 0. The average Bonchev–Trinajstić information content (AvgIpc) is 1.88. The number of halogens is 3. The van der Waals surface area contributed by atoms with Gasteiger partial charge in [0.2, 0.25) is 0 Å². The summed E-state index contributed by atoms with van der Waals surface area (Å²) >= 11 is 9.18. The van der Waals surface area contributed by atoms with E-state index in [4.69, 9.17) is 11.6 Å². The molecule has 0 unspecified atom stereocenters. The third-order valence-electron chi connectivity index (χ3n) is 0.869. The molecule has 0 saturated heterocycles. The van der Waals surface area contributed by atoms with Gasteiger partial charge in [-0.05, 0) is 0 Å². The predicted octanol–water partition coefficient (Wildman–Crippen LogP) is -0.0915. The molecule has 0 aliphatic carbocycles. The van der Waals surface area contributed by atoms with Crippen LogP contribution in [0.25, 0.3) is 0 Å². The second-order valence-electron chi connectivity index (χ2n) is 1.51. The van der Waals surface area contributed by atoms with Crippen LogP contribution < -0.4 is 19.0 Å². The van der Waals surface area contributed by atoms with E-state index >= 15 is 0 Å². The molecule has 1 aromatic rings. The predicted molar refractivity (Wildman–Crippen MR) is 39.1 cm³/mol. The molecule has 0 bridgehead atoms. The van der Waals surface area contributed by atoms with Crippen LogP contribution in [0.5, 0.6) is 0 Å². The Morgan fingerprint density at radius 1 is 1.44 bits per heavy atom. The molecule has 0 aliphatic heterocycles. The topological polar surface area (TPSA) is 0 Å². The van der Waals surface area contributed by atoms with Gasteiger partial charge < -0.3 is 0 Å². The molecule has 0 N–H and O–H groups in total. The van der Waals surface area contributed by atoms with Gasteiger partial charge in [-0.25, -0.2) is 0 Å². The fourth-order valence-corrected chi connectivity index (χ4v) is 2.93. The van der Waals surface area contributed by atoms with E-state index < -0.39 is 0 Å². The van der Waals surface area contributed by atoms with E-state index in [1.54, 1.807) is 0 Å². The monoisotopic (exact) mass is 317 g/mol. The Hall–Kier alpha value is 0.720. The second kappa shape index (κ2) is 3.78. The van der Waals surface area contributed by atoms with Gasteiger partial charge in [-0.2, -0.15) is 0 Å². The molecule has 1 aromatic carbocycles. The van der Waals surface area contributed by atoms with Crippen molar-refractivity contribution in [2.24, 2.45) is 0 Å². The van der Waals surface area contributed by atoms with Crippen molar-refractivity contribution in [1.82, 2.24) is 0 Å². The Bertz CT molecular complexity index is 202. The summed E-state index contributed by atoms with van der Waals surface area (Å²) in [5.41, 5.74) is 0. The summed E-state index contributed by atoms with van der Waals surface area (Å²) in [5, 5.41) is 0.826. The SMILES string of the molecule is Clc1cccc([I-]Br)c1. The van der Waals surface area contributed by atoms with Crippen LogP contribution in [0.1, 0.15) is 0 Å². The van der Waals surface area contributed by atoms with Gasteiger partial charge in [-0.1, -0.05) is 0 Å². The molecule has 50 valence electrons. The fourth-order valence-electron chi connectivity index (χ4n) is 0.504. The fraction of sp³-hybridized carbons (Fsp3) is 0. The molecule has 0 spiro atoms. The molecule has 0 saturated carbocycles. The van der Waals surface area contributed by atoms with Crippen LogP contribution in [0.2, 0.25) is 5.02 Å². The number of hydrogen-bond acceptors (Lipinski definition) is 0. The molecule has 0 radical (unpaired) electrons. The Balaban J connectivity index is 2.94. The van der Waals surface area contributed by atoms with E-state index in [9.17, 15) is 0 Å². The molecule has 0 aliphatic rings. The zero-order valence-electron chi connectivity index (χ0n) is 4.44. The second-order valence-corrected chi connectivity index (χ2v) is 5.61. The van der Waals surface area contributed by atoms with Crippen molar-refractivity contribution in [2.45, 2.75) is 0 Å². The van der Waals surface area contributed by atoms with E-state index in [1.165, 1.54) is 3.57 Å². The molecule has 0 fully saturated rings. The van der Waals surface area contributed by atoms with Crippen LogP contribution in [0.3, 0.4) is 0 Å². The van der Waals surface area contributed by atoms with Crippen molar-refractivity contribution < 1.29 is 19.0 Å². The normalized spacial score (nSPS) is 10.0. The van der Waals surface area contributed by atoms with E-state index in [-0.39, 0.29) is 19.0 Å². The van der Waals surface area contributed by atoms with Crippen molar-refractivity contribution in [3.63, 3.8) is 0 Å². The third-order valence-corrected chi connectivity index (χ3v) is 4.57. The summed E-state index contributed by atoms with van der Waals surface area (Å²) in [6, 6.07) is 7.92. The van der Waals surface area contributed by atoms with E-state index in [0.717, 1.165) is 5.02 Å². The van der Waals surface area contributed by atoms with Crippen LogP contribution in [-0.4, -0.2) is 0 Å². The van der Waals surface area contributed by atoms with E-state index in [2.05, 4.69) is 18.8 Å². The van der Waals surface area contributed by atoms with Gasteiger partial charge in [-0.3, -0.25) is 0 Å². The number of benzene rings is 1. The van der Waals surface area contributed by atoms with Crippen molar-refractivity contribution >= 4 is 24.3 Å². The number of hydrogen-bond donors (Lipinski definition) is 0. The average molecular weight is 318 g/mol. The zero-order valence-corrected chi connectivity index (χ0v) is 8.94. The summed E-state index contributed by atoms with van der Waals surface area (Å²) in [7, 11) is 0. The third kappa shape index (κ3) is 2.43. The van der Waals surface area contributed by atoms with Crippen LogP contribution >= 0.6 is 24.3 Å². The Labute approximate surface area is 75.6 Å². The van der Waals surface area contributed by atoms with Gasteiger partial charge in [0.25, 0.3) is 0 Å². The molecular formula is C6H4BrClI-. The maximum atomic E-state index is 5.72. The molecule has 1 rings (SSSR count). The van der Waals surface area contributed by atoms with Crippen LogP contribution in [0, 0.1) is 3.57 Å². The van der Waals surface area contributed by atoms with Crippen LogP contribution in [0.4, 0.5) is 0 Å². The molecular weight excluding hydrogens is 314 g/mol. The van der Waals surface area contributed by atoms with Gasteiger partial charge >= 0.3 is 76.1 Å². The van der Waals surface area contributed by atoms with Crippen molar-refractivity contribution in [3.8, 4) is 0 Å². The first kappa shape index (κ1) is 7.82. The molecule has 0 heterocycles. The van der Waals surface area contributed by atoms with Gasteiger partial charge in [0.1, 0.15) is 0 Å². The molecule has 3 heteroatoms. The first-order chi connectivity index (χ1) is 4.33. The summed E-state index contributed by atoms with van der Waals surface area (Å²) in [4.78, 5) is 0. The summed E-state index contributed by atoms with van der Waals surface area (Å²) < 4.78 is 1.32. The van der Waals surface area contributed by atoms with Gasteiger partial charge in [-0.15, -0.1) is 0 Å². The van der Waals surface area contributed by atoms with Gasteiger partial charge in [0, 0.05) is 0 Å². The standard InChI is InChI=1S/C6H4BrClI/c7-9-6-3-1-2-5(8)4-6/h1-4H/q-1. The minimum atomic E-state index is 0.0206. The first-order valence-corrected chi connectivity index (χ1v) is 8.64. The Morgan fingerprint density at radius 3 is 2.67 bits per heavy atom. The summed E-state index contributed by atoms with van der Waals surface area (Å²) in [5.74, 6) is 0. The van der Waals surface area contributed by atoms with E-state index in [1.807, 2.05) is 18.2 Å². The first-order valence-electron chi connectivity index (χ1n) is 2.34. The van der Waals surface area contributed by atoms with Crippen molar-refractivity contribution in [1.29, 1.82) is 0 Å². The van der Waals surface area contributed by atoms with Gasteiger partial charge in [0.15, 0.2) is 0 Å². The Morgan fingerprint density at radius 2 is 2.22 bits per heavy atom. The number of rotatable bonds is 1. The summed E-state index contributed by atoms with van der Waals surface area (Å²) in [6.45, 7) is 0. The Kier molecular flexibility index (Phi) is 3.29.